The van der Waals surface area contributed by atoms with Gasteiger partial charge in [0.25, 0.3) is 0 Å². The Morgan fingerprint density at radius 1 is 0.485 bits per heavy atom. The third-order valence-electron chi connectivity index (χ3n) is 10.3. The molecule has 0 bridgehead atoms. The summed E-state index contributed by atoms with van der Waals surface area (Å²) < 4.78 is 26.9. The zero-order valence-electron chi connectivity index (χ0n) is 41.0. The number of esters is 1. The molecule has 376 valence electrons. The number of phosphoric ester groups is 1. The molecule has 0 aromatic heterocycles. The van der Waals surface area contributed by atoms with Crippen molar-refractivity contribution < 1.29 is 47.8 Å². The SMILES string of the molecule is CCCCC/C=C\C/C=C\C/C=C\C/C=C\CCCCCCCCCC(=O)OCC(O)COP(=O)(O)OCC(NC(=O)CCCCC/C=C\C/C=C\C/C=C\C/C=C\CCCCC)C(=O)O. The number of allylic oxidation sites excluding steroid dienone is 16. The van der Waals surface area contributed by atoms with Gasteiger partial charge in [-0.05, 0) is 103 Å². The highest BCUT2D eigenvalue weighted by Crippen LogP contribution is 2.43. The molecule has 0 aromatic carbocycles. The number of phosphoric acid groups is 1. The average Bonchev–Trinajstić information content (AvgIpc) is 3.29. The van der Waals surface area contributed by atoms with Crippen LogP contribution in [0.3, 0.4) is 0 Å². The smallest absolute Gasteiger partial charge is 0.472 e. The van der Waals surface area contributed by atoms with Crippen LogP contribution in [0.4, 0.5) is 0 Å². The van der Waals surface area contributed by atoms with Crippen molar-refractivity contribution in [2.45, 2.75) is 206 Å². The van der Waals surface area contributed by atoms with Gasteiger partial charge < -0.3 is 25.2 Å². The van der Waals surface area contributed by atoms with Gasteiger partial charge in [-0.15, -0.1) is 0 Å². The molecular formula is C54H90NO10P. The minimum absolute atomic E-state index is 0.102. The number of carboxylic acid groups (broad SMARTS) is 1. The fraction of sp³-hybridized carbons (Fsp3) is 0.648. The largest absolute Gasteiger partial charge is 0.480 e. The maximum Gasteiger partial charge on any atom is 0.472 e. The second-order valence-corrected chi connectivity index (χ2v) is 18.1. The van der Waals surface area contributed by atoms with Crippen molar-refractivity contribution >= 4 is 25.7 Å². The standard InChI is InChI=1S/C54H90NO10P/c1-3-5-7-9-11-13-15-17-19-21-23-24-25-26-28-30-32-34-36-38-40-42-44-46-53(58)63-47-50(56)48-64-66(61,62)65-49-51(54(59)60)55-52(57)45-43-41-39-37-35-33-31-29-27-22-20-18-16-14-12-10-8-6-4-2/h11-14,17-20,23-24,26-29,33,35,50-51,56H,3-10,15-16,21-22,25,30-32,34,36-49H2,1-2H3,(H,55,57)(H,59,60)(H,61,62)/b13-11-,14-12-,19-17-,20-18-,24-23-,28-26-,29-27-,35-33-. The first-order valence-electron chi connectivity index (χ1n) is 25.3. The Morgan fingerprint density at radius 3 is 1.26 bits per heavy atom. The molecule has 0 fully saturated rings. The summed E-state index contributed by atoms with van der Waals surface area (Å²) >= 11 is 0. The Kier molecular flexibility index (Phi) is 45.3. The second kappa shape index (κ2) is 47.9. The van der Waals surface area contributed by atoms with E-state index in [-0.39, 0.29) is 12.8 Å². The number of amides is 1. The number of carboxylic acids is 1. The number of carbonyl (C=O) groups excluding carboxylic acids is 2. The molecule has 11 nitrogen and oxygen atoms in total. The quantitative estimate of drug-likeness (QED) is 0.0199. The molecule has 0 radical (unpaired) electrons. The summed E-state index contributed by atoms with van der Waals surface area (Å²) in [5, 5.41) is 21.9. The van der Waals surface area contributed by atoms with Crippen molar-refractivity contribution in [2.75, 3.05) is 19.8 Å². The van der Waals surface area contributed by atoms with Gasteiger partial charge in [-0.2, -0.15) is 0 Å². The number of nitrogens with one attached hydrogen (secondary N) is 1. The van der Waals surface area contributed by atoms with Gasteiger partial charge in [-0.3, -0.25) is 18.6 Å². The van der Waals surface area contributed by atoms with E-state index in [1.54, 1.807) is 0 Å². The van der Waals surface area contributed by atoms with Crippen molar-refractivity contribution in [2.24, 2.45) is 0 Å². The summed E-state index contributed by atoms with van der Waals surface area (Å²) in [7, 11) is -4.78. The summed E-state index contributed by atoms with van der Waals surface area (Å²) in [4.78, 5) is 46.1. The fourth-order valence-corrected chi connectivity index (χ4v) is 7.17. The van der Waals surface area contributed by atoms with Gasteiger partial charge in [0.05, 0.1) is 13.2 Å². The molecule has 12 heteroatoms. The summed E-state index contributed by atoms with van der Waals surface area (Å²) in [5.74, 6) is -2.44. The molecule has 0 aromatic rings. The summed E-state index contributed by atoms with van der Waals surface area (Å²) in [6.07, 6.45) is 61.4. The van der Waals surface area contributed by atoms with E-state index in [9.17, 15) is 34.1 Å². The molecule has 0 saturated heterocycles. The first-order chi connectivity index (χ1) is 32.1. The minimum atomic E-state index is -4.78. The van der Waals surface area contributed by atoms with E-state index >= 15 is 0 Å². The van der Waals surface area contributed by atoms with Crippen molar-refractivity contribution in [3.8, 4) is 0 Å². The monoisotopic (exact) mass is 944 g/mol. The van der Waals surface area contributed by atoms with Gasteiger partial charge in [0.2, 0.25) is 5.91 Å². The molecule has 0 aliphatic rings. The van der Waals surface area contributed by atoms with Crippen LogP contribution in [0.15, 0.2) is 97.2 Å². The molecule has 0 heterocycles. The average molecular weight is 944 g/mol. The van der Waals surface area contributed by atoms with E-state index in [0.717, 1.165) is 96.3 Å². The molecule has 3 unspecified atom stereocenters. The zero-order valence-corrected chi connectivity index (χ0v) is 41.9. The van der Waals surface area contributed by atoms with Crippen molar-refractivity contribution in [3.05, 3.63) is 97.2 Å². The van der Waals surface area contributed by atoms with E-state index in [4.69, 9.17) is 13.8 Å². The predicted octanol–water partition coefficient (Wildman–Crippen LogP) is 14.0. The van der Waals surface area contributed by atoms with Gasteiger partial charge in [0.1, 0.15) is 12.7 Å². The fourth-order valence-electron chi connectivity index (χ4n) is 6.40. The molecule has 1 amide bonds. The van der Waals surface area contributed by atoms with Crippen molar-refractivity contribution in [1.82, 2.24) is 5.32 Å². The van der Waals surface area contributed by atoms with Gasteiger partial charge in [0.15, 0.2) is 6.04 Å². The summed E-state index contributed by atoms with van der Waals surface area (Å²) in [6.45, 7) is 2.50. The van der Waals surface area contributed by atoms with Crippen LogP contribution in [0.1, 0.15) is 194 Å². The van der Waals surface area contributed by atoms with Crippen LogP contribution in [0.25, 0.3) is 0 Å². The van der Waals surface area contributed by atoms with Crippen LogP contribution >= 0.6 is 7.82 Å². The molecule has 3 atom stereocenters. The molecule has 0 spiro atoms. The topological polar surface area (TPSA) is 169 Å². The van der Waals surface area contributed by atoms with Crippen LogP contribution in [-0.4, -0.2) is 64.9 Å². The number of hydrogen-bond donors (Lipinski definition) is 4. The van der Waals surface area contributed by atoms with Crippen molar-refractivity contribution in [3.63, 3.8) is 0 Å². The highest BCUT2D eigenvalue weighted by molar-refractivity contribution is 7.47. The number of hydrogen-bond acceptors (Lipinski definition) is 8. The summed E-state index contributed by atoms with van der Waals surface area (Å²) in [6, 6.07) is -1.57. The Morgan fingerprint density at radius 2 is 0.833 bits per heavy atom. The zero-order chi connectivity index (χ0) is 48.4. The molecule has 0 saturated carbocycles. The Balaban J connectivity index is 3.93. The molecule has 4 N–H and O–H groups in total. The lowest BCUT2D eigenvalue weighted by Gasteiger charge is -2.18. The first-order valence-corrected chi connectivity index (χ1v) is 26.8. The van der Waals surface area contributed by atoms with E-state index in [1.165, 1.54) is 57.8 Å². The third-order valence-corrected chi connectivity index (χ3v) is 11.3. The van der Waals surface area contributed by atoms with E-state index in [0.29, 0.717) is 12.8 Å². The number of aliphatic hydroxyl groups is 1. The molecule has 0 aliphatic heterocycles. The maximum atomic E-state index is 12.3. The highest BCUT2D eigenvalue weighted by atomic mass is 31.2. The Bertz CT molecular complexity index is 1480. The van der Waals surface area contributed by atoms with Gasteiger partial charge in [-0.1, -0.05) is 175 Å². The maximum absolute atomic E-state index is 12.3. The van der Waals surface area contributed by atoms with E-state index < -0.39 is 57.6 Å². The number of unbranched alkanes of at least 4 members (excludes halogenated alkanes) is 16. The number of ether oxygens (including phenoxy) is 1. The number of aliphatic carboxylic acids is 1. The van der Waals surface area contributed by atoms with Crippen LogP contribution < -0.4 is 5.32 Å². The highest BCUT2D eigenvalue weighted by Gasteiger charge is 2.28. The number of rotatable bonds is 46. The van der Waals surface area contributed by atoms with Crippen LogP contribution in [-0.2, 0) is 32.7 Å². The molecular weight excluding hydrogens is 854 g/mol. The summed E-state index contributed by atoms with van der Waals surface area (Å²) in [5.41, 5.74) is 0. The first kappa shape index (κ1) is 62.4. The van der Waals surface area contributed by atoms with Crippen LogP contribution in [0.5, 0.6) is 0 Å². The van der Waals surface area contributed by atoms with Gasteiger partial charge >= 0.3 is 19.8 Å². The lowest BCUT2D eigenvalue weighted by atomic mass is 10.1. The Labute approximate surface area is 400 Å². The van der Waals surface area contributed by atoms with Gasteiger partial charge in [-0.25, -0.2) is 9.36 Å². The van der Waals surface area contributed by atoms with Crippen molar-refractivity contribution in [1.29, 1.82) is 0 Å². The van der Waals surface area contributed by atoms with Crippen LogP contribution in [0, 0.1) is 0 Å². The normalized spacial score (nSPS) is 14.4. The lowest BCUT2D eigenvalue weighted by Crippen LogP contribution is -2.43. The van der Waals surface area contributed by atoms with Gasteiger partial charge in [0, 0.05) is 12.8 Å². The van der Waals surface area contributed by atoms with Crippen LogP contribution in [0.2, 0.25) is 0 Å². The Hall–Kier alpha value is -3.60. The molecule has 0 aliphatic carbocycles. The molecule has 66 heavy (non-hydrogen) atoms. The van der Waals surface area contributed by atoms with E-state index in [2.05, 4.69) is 116 Å². The van der Waals surface area contributed by atoms with E-state index in [1.807, 2.05) is 0 Å². The number of aliphatic hydroxyl groups excluding tert-OH is 1. The number of carbonyl (C=O) groups is 3. The minimum Gasteiger partial charge on any atom is -0.480 e. The molecule has 0 rings (SSSR count). The lowest BCUT2D eigenvalue weighted by molar-refractivity contribution is -0.147. The predicted molar refractivity (Wildman–Crippen MR) is 272 cm³/mol. The third kappa shape index (κ3) is 46.9. The second-order valence-electron chi connectivity index (χ2n) is 16.6.